The Labute approximate surface area is 169 Å². The quantitative estimate of drug-likeness (QED) is 0.721. The Balaban J connectivity index is 1.72. The number of nitrogens with one attached hydrogen (secondary N) is 1. The second-order valence-corrected chi connectivity index (χ2v) is 7.34. The van der Waals surface area contributed by atoms with Gasteiger partial charge in [-0.15, -0.1) is 0 Å². The van der Waals surface area contributed by atoms with E-state index in [9.17, 15) is 9.59 Å². The number of carbonyl (C=O) groups is 1. The van der Waals surface area contributed by atoms with Gasteiger partial charge in [-0.3, -0.25) is 9.59 Å². The summed E-state index contributed by atoms with van der Waals surface area (Å²) >= 11 is 0. The molecule has 1 saturated heterocycles. The molecule has 1 N–H and O–H groups in total. The van der Waals surface area contributed by atoms with Gasteiger partial charge in [-0.05, 0) is 67.6 Å². The summed E-state index contributed by atoms with van der Waals surface area (Å²) in [7, 11) is 1.60. The molecule has 0 saturated carbocycles. The fourth-order valence-corrected chi connectivity index (χ4v) is 3.66. The van der Waals surface area contributed by atoms with Crippen molar-refractivity contribution in [2.24, 2.45) is 0 Å². The van der Waals surface area contributed by atoms with Crippen LogP contribution in [-0.2, 0) is 16.1 Å². The van der Waals surface area contributed by atoms with E-state index in [0.717, 1.165) is 22.9 Å². The zero-order valence-electron chi connectivity index (χ0n) is 16.6. The van der Waals surface area contributed by atoms with E-state index in [0.29, 0.717) is 30.0 Å². The summed E-state index contributed by atoms with van der Waals surface area (Å²) < 4.78 is 10.8. The fraction of sp³-hybridized carbons (Fsp3) is 0.304. The number of ether oxygens (including phenoxy) is 2. The van der Waals surface area contributed by atoms with E-state index >= 15 is 0 Å². The molecule has 1 aromatic heterocycles. The average Bonchev–Trinajstić information content (AvgIpc) is 3.27. The Hall–Kier alpha value is -3.12. The number of anilines is 1. The van der Waals surface area contributed by atoms with Gasteiger partial charge >= 0.3 is 0 Å². The van der Waals surface area contributed by atoms with Crippen LogP contribution in [0.15, 0.2) is 53.3 Å². The summed E-state index contributed by atoms with van der Waals surface area (Å²) in [6.07, 6.45) is 1.08. The first-order chi connectivity index (χ1) is 14.0. The van der Waals surface area contributed by atoms with Crippen molar-refractivity contribution in [3.8, 4) is 5.75 Å². The number of aromatic nitrogens is 1. The number of hydrogen-bond donors (Lipinski definition) is 1. The van der Waals surface area contributed by atoms with Crippen LogP contribution in [0.25, 0.3) is 10.9 Å². The predicted molar refractivity (Wildman–Crippen MR) is 112 cm³/mol. The molecule has 29 heavy (non-hydrogen) atoms. The number of hydrogen-bond acceptors (Lipinski definition) is 4. The van der Waals surface area contributed by atoms with Gasteiger partial charge in [0.25, 0.3) is 11.5 Å². The van der Waals surface area contributed by atoms with Gasteiger partial charge in [-0.1, -0.05) is 11.6 Å². The molecule has 1 fully saturated rings. The second-order valence-electron chi connectivity index (χ2n) is 7.34. The summed E-state index contributed by atoms with van der Waals surface area (Å²) in [5.41, 5.74) is 2.93. The smallest absolute Gasteiger partial charge is 0.256 e. The summed E-state index contributed by atoms with van der Waals surface area (Å²) in [5, 5.41) is 0.943. The first-order valence-electron chi connectivity index (χ1n) is 9.75. The van der Waals surface area contributed by atoms with Crippen molar-refractivity contribution in [3.63, 3.8) is 0 Å². The van der Waals surface area contributed by atoms with Gasteiger partial charge in [0.15, 0.2) is 0 Å². The third kappa shape index (κ3) is 4.03. The highest BCUT2D eigenvalue weighted by molar-refractivity contribution is 5.96. The van der Waals surface area contributed by atoms with Crippen molar-refractivity contribution in [1.29, 1.82) is 0 Å². The van der Waals surface area contributed by atoms with Gasteiger partial charge in [-0.25, -0.2) is 0 Å². The average molecular weight is 392 g/mol. The zero-order valence-corrected chi connectivity index (χ0v) is 16.6. The molecule has 1 unspecified atom stereocenters. The number of pyridine rings is 1. The number of methoxy groups -OCH3 is 1. The van der Waals surface area contributed by atoms with Crippen molar-refractivity contribution in [1.82, 2.24) is 4.98 Å². The number of nitrogens with zero attached hydrogens (tertiary/aromatic N) is 1. The van der Waals surface area contributed by atoms with Crippen molar-refractivity contribution in [3.05, 3.63) is 70.0 Å². The largest absolute Gasteiger partial charge is 0.497 e. The van der Waals surface area contributed by atoms with E-state index in [4.69, 9.17) is 9.47 Å². The Morgan fingerprint density at radius 3 is 2.69 bits per heavy atom. The lowest BCUT2D eigenvalue weighted by Crippen LogP contribution is -2.39. The zero-order chi connectivity index (χ0) is 20.4. The van der Waals surface area contributed by atoms with Gasteiger partial charge in [0, 0.05) is 23.4 Å². The normalized spacial score (nSPS) is 16.1. The third-order valence-corrected chi connectivity index (χ3v) is 5.26. The lowest BCUT2D eigenvalue weighted by Gasteiger charge is -2.25. The predicted octanol–water partition coefficient (Wildman–Crippen LogP) is 3.56. The Morgan fingerprint density at radius 1 is 1.21 bits per heavy atom. The highest BCUT2D eigenvalue weighted by atomic mass is 16.5. The maximum Gasteiger partial charge on any atom is 0.256 e. The van der Waals surface area contributed by atoms with Crippen LogP contribution < -0.4 is 15.2 Å². The number of aromatic amines is 1. The molecule has 0 spiro atoms. The van der Waals surface area contributed by atoms with Crippen LogP contribution in [0.4, 0.5) is 5.69 Å². The topological polar surface area (TPSA) is 71.6 Å². The maximum absolute atomic E-state index is 13.2. The molecule has 4 rings (SSSR count). The number of benzene rings is 2. The maximum atomic E-state index is 13.2. The van der Waals surface area contributed by atoms with Crippen LogP contribution >= 0.6 is 0 Å². The molecule has 2 heterocycles. The van der Waals surface area contributed by atoms with Crippen molar-refractivity contribution < 1.29 is 14.3 Å². The Bertz CT molecular complexity index is 1080. The second kappa shape index (κ2) is 8.09. The Morgan fingerprint density at radius 2 is 2.00 bits per heavy atom. The molecule has 0 radical (unpaired) electrons. The molecule has 6 nitrogen and oxygen atoms in total. The lowest BCUT2D eigenvalue weighted by atomic mass is 10.1. The highest BCUT2D eigenvalue weighted by Gasteiger charge is 2.29. The molecular formula is C23H24N2O4. The molecular weight excluding hydrogens is 368 g/mol. The standard InChI is InChI=1S/C23H24N2O4/c1-15-5-10-20-16(12-15)13-17(22(26)24-20)14-25(23(27)21-4-3-11-29-21)18-6-8-19(28-2)9-7-18/h5-10,12-13,21H,3-4,11,14H2,1-2H3,(H,24,26). The van der Waals surface area contributed by atoms with Gasteiger partial charge < -0.3 is 19.4 Å². The summed E-state index contributed by atoms with van der Waals surface area (Å²) in [6, 6.07) is 15.0. The molecule has 1 atom stereocenters. The number of fused-ring (bicyclic) bond motifs is 1. The van der Waals surface area contributed by atoms with Crippen LogP contribution in [-0.4, -0.2) is 30.7 Å². The minimum absolute atomic E-state index is 0.128. The van der Waals surface area contributed by atoms with Crippen LogP contribution in [0.5, 0.6) is 5.75 Å². The van der Waals surface area contributed by atoms with Gasteiger partial charge in [0.2, 0.25) is 0 Å². The van der Waals surface area contributed by atoms with Gasteiger partial charge in [0.1, 0.15) is 11.9 Å². The van der Waals surface area contributed by atoms with Crippen LogP contribution in [0.3, 0.4) is 0 Å². The summed E-state index contributed by atoms with van der Waals surface area (Å²) in [4.78, 5) is 30.4. The molecule has 1 aliphatic rings. The van der Waals surface area contributed by atoms with Crippen molar-refractivity contribution >= 4 is 22.5 Å². The number of aryl methyl sites for hydroxylation is 1. The van der Waals surface area contributed by atoms with Gasteiger partial charge in [0.05, 0.1) is 13.7 Å². The molecule has 3 aromatic rings. The molecule has 6 heteroatoms. The molecule has 0 aliphatic carbocycles. The van der Waals surface area contributed by atoms with E-state index in [1.807, 2.05) is 43.3 Å². The van der Waals surface area contributed by atoms with Crippen LogP contribution in [0.1, 0.15) is 24.0 Å². The number of rotatable bonds is 5. The number of H-pyrrole nitrogens is 1. The lowest BCUT2D eigenvalue weighted by molar-refractivity contribution is -0.127. The molecule has 150 valence electrons. The monoisotopic (exact) mass is 392 g/mol. The first kappa shape index (κ1) is 19.2. The van der Waals surface area contributed by atoms with Crippen LogP contribution in [0.2, 0.25) is 0 Å². The molecule has 0 bridgehead atoms. The summed E-state index contributed by atoms with van der Waals surface area (Å²) in [5.74, 6) is 0.577. The van der Waals surface area contributed by atoms with Gasteiger partial charge in [-0.2, -0.15) is 0 Å². The van der Waals surface area contributed by atoms with Crippen LogP contribution in [0, 0.1) is 6.92 Å². The fourth-order valence-electron chi connectivity index (χ4n) is 3.66. The SMILES string of the molecule is COc1ccc(N(Cc2cc3cc(C)ccc3[nH]c2=O)C(=O)C2CCCO2)cc1. The van der Waals surface area contributed by atoms with E-state index in [2.05, 4.69) is 4.98 Å². The molecule has 1 amide bonds. The Kier molecular flexibility index (Phi) is 5.36. The van der Waals surface area contributed by atoms with E-state index in [1.54, 1.807) is 24.1 Å². The van der Waals surface area contributed by atoms with E-state index in [-0.39, 0.29) is 18.0 Å². The summed E-state index contributed by atoms with van der Waals surface area (Å²) in [6.45, 7) is 2.77. The minimum Gasteiger partial charge on any atom is -0.497 e. The molecule has 1 aliphatic heterocycles. The van der Waals surface area contributed by atoms with E-state index < -0.39 is 6.10 Å². The molecule has 2 aromatic carbocycles. The van der Waals surface area contributed by atoms with Crippen molar-refractivity contribution in [2.75, 3.05) is 18.6 Å². The third-order valence-electron chi connectivity index (χ3n) is 5.26. The minimum atomic E-state index is -0.473. The first-order valence-corrected chi connectivity index (χ1v) is 9.75. The highest BCUT2D eigenvalue weighted by Crippen LogP contribution is 2.25. The number of amides is 1. The van der Waals surface area contributed by atoms with Crippen molar-refractivity contribution in [2.45, 2.75) is 32.4 Å². The number of carbonyl (C=O) groups excluding carboxylic acids is 1. The van der Waals surface area contributed by atoms with E-state index in [1.165, 1.54) is 0 Å².